The fourth-order valence-electron chi connectivity index (χ4n) is 1.72. The summed E-state index contributed by atoms with van der Waals surface area (Å²) in [5.74, 6) is -1.05. The summed E-state index contributed by atoms with van der Waals surface area (Å²) >= 11 is 0. The molecule has 0 heterocycles. The topological polar surface area (TPSA) is 61.7 Å². The molecule has 7 heteroatoms. The number of hydrazone groups is 1. The molecule has 0 saturated heterocycles. The Kier molecular flexibility index (Phi) is 4.45. The Morgan fingerprint density at radius 3 is 2.32 bits per heavy atom. The molecule has 0 bridgehead atoms. The maximum Gasteiger partial charge on any atom is 0.418 e. The average molecular weight is 308 g/mol. The van der Waals surface area contributed by atoms with E-state index < -0.39 is 17.7 Å². The smallest absolute Gasteiger partial charge is 0.418 e. The molecule has 2 aromatic rings. The Morgan fingerprint density at radius 1 is 1.09 bits per heavy atom. The second-order valence-electron chi connectivity index (χ2n) is 4.34. The van der Waals surface area contributed by atoms with Crippen molar-refractivity contribution in [3.8, 4) is 0 Å². The molecule has 0 aromatic heterocycles. The lowest BCUT2D eigenvalue weighted by atomic mass is 10.1. The molecule has 0 aliphatic heterocycles. The second kappa shape index (κ2) is 6.30. The lowest BCUT2D eigenvalue weighted by Crippen LogP contribution is -2.08. The number of hydrogen-bond acceptors (Lipinski definition) is 3. The van der Waals surface area contributed by atoms with Gasteiger partial charge in [-0.05, 0) is 29.8 Å². The van der Waals surface area contributed by atoms with Crippen molar-refractivity contribution < 1.29 is 23.1 Å². The standard InChI is InChI=1S/C15H11F3N2O2/c16-15(17,18)12-3-1-2-4-13(12)20-19-9-10-5-7-11(8-6-10)14(21)22/h1-9,20H,(H,21,22). The van der Waals surface area contributed by atoms with Crippen LogP contribution in [0.15, 0.2) is 53.6 Å². The van der Waals surface area contributed by atoms with E-state index in [1.807, 2.05) is 0 Å². The maximum absolute atomic E-state index is 12.8. The van der Waals surface area contributed by atoms with Gasteiger partial charge in [0, 0.05) is 0 Å². The summed E-state index contributed by atoms with van der Waals surface area (Å²) in [6.07, 6.45) is -3.17. The molecule has 0 aliphatic rings. The first-order valence-electron chi connectivity index (χ1n) is 6.16. The molecule has 114 valence electrons. The third-order valence-electron chi connectivity index (χ3n) is 2.79. The third-order valence-corrected chi connectivity index (χ3v) is 2.79. The van der Waals surface area contributed by atoms with Crippen LogP contribution in [-0.4, -0.2) is 17.3 Å². The highest BCUT2D eigenvalue weighted by Gasteiger charge is 2.33. The first-order valence-corrected chi connectivity index (χ1v) is 6.16. The van der Waals surface area contributed by atoms with E-state index in [0.29, 0.717) is 5.56 Å². The minimum atomic E-state index is -4.47. The predicted octanol–water partition coefficient (Wildman–Crippen LogP) is 3.85. The van der Waals surface area contributed by atoms with Crippen molar-refractivity contribution >= 4 is 17.9 Å². The van der Waals surface area contributed by atoms with E-state index >= 15 is 0 Å². The molecule has 22 heavy (non-hydrogen) atoms. The highest BCUT2D eigenvalue weighted by Crippen LogP contribution is 2.34. The quantitative estimate of drug-likeness (QED) is 0.666. The summed E-state index contributed by atoms with van der Waals surface area (Å²) in [6.45, 7) is 0. The normalized spacial score (nSPS) is 11.6. The van der Waals surface area contributed by atoms with Crippen LogP contribution in [0.25, 0.3) is 0 Å². The van der Waals surface area contributed by atoms with Crippen molar-refractivity contribution in [3.05, 3.63) is 65.2 Å². The molecule has 2 N–H and O–H groups in total. The molecule has 0 radical (unpaired) electrons. The molecule has 0 fully saturated rings. The molecule has 0 amide bonds. The van der Waals surface area contributed by atoms with Crippen molar-refractivity contribution in [1.82, 2.24) is 0 Å². The van der Waals surface area contributed by atoms with Crippen molar-refractivity contribution in [2.45, 2.75) is 6.18 Å². The summed E-state index contributed by atoms with van der Waals surface area (Å²) in [4.78, 5) is 10.7. The number of alkyl halides is 3. The van der Waals surface area contributed by atoms with E-state index in [4.69, 9.17) is 5.11 Å². The van der Waals surface area contributed by atoms with Crippen molar-refractivity contribution in [2.75, 3.05) is 5.43 Å². The molecule has 0 unspecified atom stereocenters. The van der Waals surface area contributed by atoms with Gasteiger partial charge in [-0.25, -0.2) is 4.79 Å². The van der Waals surface area contributed by atoms with Crippen LogP contribution < -0.4 is 5.43 Å². The van der Waals surface area contributed by atoms with Gasteiger partial charge in [-0.1, -0.05) is 24.3 Å². The highest BCUT2D eigenvalue weighted by molar-refractivity contribution is 5.89. The van der Waals surface area contributed by atoms with Gasteiger partial charge in [0.25, 0.3) is 0 Å². The first-order chi connectivity index (χ1) is 10.4. The molecule has 0 atom stereocenters. The molecule has 0 spiro atoms. The first kappa shape index (κ1) is 15.6. The van der Waals surface area contributed by atoms with Gasteiger partial charge in [0.2, 0.25) is 0 Å². The van der Waals surface area contributed by atoms with E-state index in [0.717, 1.165) is 6.07 Å². The van der Waals surface area contributed by atoms with Gasteiger partial charge in [0.1, 0.15) is 0 Å². The highest BCUT2D eigenvalue weighted by atomic mass is 19.4. The summed E-state index contributed by atoms with van der Waals surface area (Å²) in [7, 11) is 0. The Labute approximate surface area is 123 Å². The number of para-hydroxylation sites is 1. The van der Waals surface area contributed by atoms with E-state index in [1.165, 1.54) is 48.7 Å². The predicted molar refractivity (Wildman–Crippen MR) is 76.1 cm³/mol. The summed E-state index contributed by atoms with van der Waals surface area (Å²) in [5.41, 5.74) is 2.04. The number of anilines is 1. The Hall–Kier alpha value is -2.83. The van der Waals surface area contributed by atoms with Gasteiger partial charge in [0.05, 0.1) is 23.0 Å². The Bertz CT molecular complexity index is 695. The molecular formula is C15H11F3N2O2. The monoisotopic (exact) mass is 308 g/mol. The van der Waals surface area contributed by atoms with E-state index in [2.05, 4.69) is 10.5 Å². The van der Waals surface area contributed by atoms with Crippen molar-refractivity contribution in [1.29, 1.82) is 0 Å². The Morgan fingerprint density at radius 2 is 1.73 bits per heavy atom. The van der Waals surface area contributed by atoms with Gasteiger partial charge in [-0.15, -0.1) is 0 Å². The van der Waals surface area contributed by atoms with Gasteiger partial charge in [0.15, 0.2) is 0 Å². The van der Waals surface area contributed by atoms with Gasteiger partial charge >= 0.3 is 12.1 Å². The SMILES string of the molecule is O=C(O)c1ccc(C=NNc2ccccc2C(F)(F)F)cc1. The average Bonchev–Trinajstić information content (AvgIpc) is 2.47. The van der Waals surface area contributed by atoms with Crippen LogP contribution in [0.5, 0.6) is 0 Å². The van der Waals surface area contributed by atoms with Crippen LogP contribution in [0.3, 0.4) is 0 Å². The molecule has 0 aliphatic carbocycles. The number of halogens is 3. The molecule has 0 saturated carbocycles. The Balaban J connectivity index is 2.11. The minimum absolute atomic E-state index is 0.118. The molecule has 2 aromatic carbocycles. The number of nitrogens with zero attached hydrogens (tertiary/aromatic N) is 1. The lowest BCUT2D eigenvalue weighted by molar-refractivity contribution is -0.136. The lowest BCUT2D eigenvalue weighted by Gasteiger charge is -2.11. The van der Waals surface area contributed by atoms with E-state index in [1.54, 1.807) is 0 Å². The zero-order chi connectivity index (χ0) is 16.2. The number of carboxylic acids is 1. The largest absolute Gasteiger partial charge is 0.478 e. The van der Waals surface area contributed by atoms with Crippen molar-refractivity contribution in [3.63, 3.8) is 0 Å². The van der Waals surface area contributed by atoms with E-state index in [9.17, 15) is 18.0 Å². The zero-order valence-corrected chi connectivity index (χ0v) is 11.1. The van der Waals surface area contributed by atoms with Gasteiger partial charge in [-0.3, -0.25) is 5.43 Å². The summed E-state index contributed by atoms with van der Waals surface area (Å²) in [6, 6.07) is 10.8. The van der Waals surface area contributed by atoms with Gasteiger partial charge in [-0.2, -0.15) is 18.3 Å². The van der Waals surface area contributed by atoms with Crippen LogP contribution in [0.4, 0.5) is 18.9 Å². The van der Waals surface area contributed by atoms with Gasteiger partial charge < -0.3 is 5.11 Å². The third kappa shape index (κ3) is 3.85. The summed E-state index contributed by atoms with van der Waals surface area (Å²) in [5, 5.41) is 12.5. The number of rotatable bonds is 4. The number of nitrogens with one attached hydrogen (secondary N) is 1. The second-order valence-corrected chi connectivity index (χ2v) is 4.34. The number of aromatic carboxylic acids is 1. The fourth-order valence-corrected chi connectivity index (χ4v) is 1.72. The van der Waals surface area contributed by atoms with E-state index in [-0.39, 0.29) is 11.3 Å². The van der Waals surface area contributed by atoms with Crippen LogP contribution in [-0.2, 0) is 6.18 Å². The number of benzene rings is 2. The number of carbonyl (C=O) groups is 1. The summed E-state index contributed by atoms with van der Waals surface area (Å²) < 4.78 is 38.3. The molecule has 4 nitrogen and oxygen atoms in total. The number of carboxylic acid groups (broad SMARTS) is 1. The molecular weight excluding hydrogens is 297 g/mol. The molecule has 2 rings (SSSR count). The van der Waals surface area contributed by atoms with Crippen LogP contribution in [0.2, 0.25) is 0 Å². The van der Waals surface area contributed by atoms with Crippen LogP contribution in [0.1, 0.15) is 21.5 Å². The van der Waals surface area contributed by atoms with Crippen LogP contribution >= 0.6 is 0 Å². The fraction of sp³-hybridized carbons (Fsp3) is 0.0667. The minimum Gasteiger partial charge on any atom is -0.478 e. The maximum atomic E-state index is 12.8. The zero-order valence-electron chi connectivity index (χ0n) is 11.1. The number of hydrogen-bond donors (Lipinski definition) is 2. The van der Waals surface area contributed by atoms with Crippen molar-refractivity contribution in [2.24, 2.45) is 5.10 Å². The van der Waals surface area contributed by atoms with Crippen LogP contribution in [0, 0.1) is 0 Å².